The number of ether oxygens (including phenoxy) is 2. The van der Waals surface area contributed by atoms with E-state index >= 15 is 0 Å². The van der Waals surface area contributed by atoms with Crippen LogP contribution in [-0.2, 0) is 9.53 Å². The molecule has 0 atom stereocenters. The van der Waals surface area contributed by atoms with E-state index in [0.29, 0.717) is 10.2 Å². The number of carbonyl (C=O) groups is 1. The minimum Gasteiger partial charge on any atom is -0.474 e. The summed E-state index contributed by atoms with van der Waals surface area (Å²) in [6.45, 7) is -0.577. The number of methoxy groups -OCH3 is 1. The molecule has 0 aliphatic carbocycles. The molecule has 154 valence electrons. The number of aromatic amines is 1. The summed E-state index contributed by atoms with van der Waals surface area (Å²) >= 11 is 6.05. The molecule has 0 aliphatic heterocycles. The van der Waals surface area contributed by atoms with Crippen LogP contribution >= 0.6 is 11.6 Å². The van der Waals surface area contributed by atoms with Crippen LogP contribution in [0.15, 0.2) is 51.1 Å². The first-order valence-electron chi connectivity index (χ1n) is 8.27. The predicted molar refractivity (Wildman–Crippen MR) is 107 cm³/mol. The van der Waals surface area contributed by atoms with Gasteiger partial charge in [0.2, 0.25) is 5.75 Å². The van der Waals surface area contributed by atoms with Crippen LogP contribution < -0.4 is 16.0 Å². The Bertz CT molecular complexity index is 1300. The van der Waals surface area contributed by atoms with Gasteiger partial charge in [-0.15, -0.1) is 4.68 Å². The van der Waals surface area contributed by atoms with Gasteiger partial charge in [0, 0.05) is 11.6 Å². The van der Waals surface area contributed by atoms with E-state index in [1.807, 2.05) is 0 Å². The van der Waals surface area contributed by atoms with Crippen molar-refractivity contribution in [2.45, 2.75) is 0 Å². The van der Waals surface area contributed by atoms with E-state index in [0.717, 1.165) is 19.4 Å². The number of rotatable bonds is 6. The van der Waals surface area contributed by atoms with Crippen LogP contribution in [0.1, 0.15) is 5.56 Å². The van der Waals surface area contributed by atoms with Crippen molar-refractivity contribution in [3.05, 3.63) is 77.9 Å². The van der Waals surface area contributed by atoms with Crippen molar-refractivity contribution >= 4 is 40.4 Å². The fourth-order valence-corrected chi connectivity index (χ4v) is 2.80. The number of nitro groups is 1. The molecule has 0 saturated carbocycles. The third-order valence-corrected chi connectivity index (χ3v) is 4.19. The lowest BCUT2D eigenvalue weighted by atomic mass is 10.2. The number of H-pyrrole nitrogens is 1. The third kappa shape index (κ3) is 4.20. The molecule has 0 amide bonds. The second-order valence-electron chi connectivity index (χ2n) is 5.81. The molecule has 0 spiro atoms. The molecule has 12 heteroatoms. The summed E-state index contributed by atoms with van der Waals surface area (Å²) in [5, 5.41) is 15.3. The van der Waals surface area contributed by atoms with E-state index in [-0.39, 0.29) is 21.7 Å². The van der Waals surface area contributed by atoms with Gasteiger partial charge in [0.15, 0.2) is 6.61 Å². The maximum absolute atomic E-state index is 12.5. The lowest BCUT2D eigenvalue weighted by molar-refractivity contribution is -0.385. The quantitative estimate of drug-likeness (QED) is 0.270. The highest BCUT2D eigenvalue weighted by Gasteiger charge is 2.21. The van der Waals surface area contributed by atoms with Crippen LogP contribution in [0.4, 0.5) is 5.69 Å². The standard InChI is InChI=1S/C18H13ClN4O7/c1-29-15(24)9-30-16-12(19)6-10(7-14(16)23(27)28)8-20-22-17(25)11-4-2-3-5-13(11)21-18(22)26/h2-8H,9H2,1H3,(H,21,26). The molecule has 3 rings (SSSR count). The molecule has 0 radical (unpaired) electrons. The van der Waals surface area contributed by atoms with E-state index < -0.39 is 34.4 Å². The van der Waals surface area contributed by atoms with Crippen molar-refractivity contribution < 1.29 is 19.2 Å². The Balaban J connectivity index is 2.01. The molecule has 1 N–H and O–H groups in total. The van der Waals surface area contributed by atoms with Gasteiger partial charge < -0.3 is 14.5 Å². The summed E-state index contributed by atoms with van der Waals surface area (Å²) in [6, 6.07) is 8.73. The highest BCUT2D eigenvalue weighted by molar-refractivity contribution is 6.32. The fourth-order valence-electron chi connectivity index (χ4n) is 2.52. The van der Waals surface area contributed by atoms with E-state index in [1.165, 1.54) is 12.1 Å². The number of esters is 1. The summed E-state index contributed by atoms with van der Waals surface area (Å²) < 4.78 is 10.1. The number of fused-ring (bicyclic) bond motifs is 1. The minimum atomic E-state index is -0.784. The molecule has 30 heavy (non-hydrogen) atoms. The normalized spacial score (nSPS) is 11.0. The van der Waals surface area contributed by atoms with Gasteiger partial charge in [0.1, 0.15) is 0 Å². The Kier molecular flexibility index (Phi) is 5.93. The van der Waals surface area contributed by atoms with Crippen LogP contribution in [0.5, 0.6) is 5.75 Å². The Hall–Kier alpha value is -3.99. The van der Waals surface area contributed by atoms with Crippen molar-refractivity contribution in [1.29, 1.82) is 0 Å². The summed E-state index contributed by atoms with van der Waals surface area (Å²) in [6.07, 6.45) is 1.06. The Labute approximate surface area is 172 Å². The monoisotopic (exact) mass is 432 g/mol. The first-order chi connectivity index (χ1) is 14.3. The maximum atomic E-state index is 12.5. The summed E-state index contributed by atoms with van der Waals surface area (Å²) in [5.74, 6) is -1.08. The molecule has 0 bridgehead atoms. The first-order valence-corrected chi connectivity index (χ1v) is 8.65. The lowest BCUT2D eigenvalue weighted by Crippen LogP contribution is -2.32. The van der Waals surface area contributed by atoms with E-state index in [9.17, 15) is 24.5 Å². The summed E-state index contributed by atoms with van der Waals surface area (Å²) in [4.78, 5) is 49.0. The SMILES string of the molecule is COC(=O)COc1c(Cl)cc(C=Nn2c(=O)[nH]c3ccccc3c2=O)cc1[N+](=O)[O-]. The van der Waals surface area contributed by atoms with Crippen LogP contribution in [-0.4, -0.2) is 40.5 Å². The zero-order chi connectivity index (χ0) is 21.8. The smallest absolute Gasteiger partial charge is 0.349 e. The number of carbonyl (C=O) groups excluding carboxylic acids is 1. The molecule has 0 aliphatic rings. The van der Waals surface area contributed by atoms with Gasteiger partial charge in [-0.25, -0.2) is 9.59 Å². The van der Waals surface area contributed by atoms with Crippen molar-refractivity contribution in [2.75, 3.05) is 13.7 Å². The molecule has 11 nitrogen and oxygen atoms in total. The number of hydrogen-bond donors (Lipinski definition) is 1. The van der Waals surface area contributed by atoms with Crippen LogP contribution in [0.2, 0.25) is 5.02 Å². The highest BCUT2D eigenvalue weighted by Crippen LogP contribution is 2.35. The number of halogens is 1. The van der Waals surface area contributed by atoms with Gasteiger partial charge in [-0.1, -0.05) is 23.7 Å². The average Bonchev–Trinajstić information content (AvgIpc) is 2.72. The van der Waals surface area contributed by atoms with Crippen LogP contribution in [0.3, 0.4) is 0 Å². The number of nitrogens with one attached hydrogen (secondary N) is 1. The van der Waals surface area contributed by atoms with E-state index in [1.54, 1.807) is 18.2 Å². The molecule has 3 aromatic rings. The van der Waals surface area contributed by atoms with Crippen LogP contribution in [0, 0.1) is 10.1 Å². The van der Waals surface area contributed by atoms with Gasteiger partial charge in [-0.2, -0.15) is 5.10 Å². The number of nitrogens with zero attached hydrogens (tertiary/aromatic N) is 3. The minimum absolute atomic E-state index is 0.122. The van der Waals surface area contributed by atoms with Gasteiger partial charge in [-0.05, 0) is 18.2 Å². The Morgan fingerprint density at radius 3 is 2.77 bits per heavy atom. The number of nitro benzene ring substituents is 1. The molecular formula is C18H13ClN4O7. The highest BCUT2D eigenvalue weighted by atomic mass is 35.5. The zero-order valence-corrected chi connectivity index (χ0v) is 16.1. The Morgan fingerprint density at radius 2 is 2.07 bits per heavy atom. The molecule has 0 unspecified atom stereocenters. The van der Waals surface area contributed by atoms with Gasteiger partial charge in [0.05, 0.1) is 34.2 Å². The first kappa shape index (κ1) is 20.7. The summed E-state index contributed by atoms with van der Waals surface area (Å²) in [7, 11) is 1.14. The van der Waals surface area contributed by atoms with Gasteiger partial charge >= 0.3 is 17.3 Å². The number of hydrogen-bond acceptors (Lipinski definition) is 8. The molecule has 1 heterocycles. The second kappa shape index (κ2) is 8.57. The molecular weight excluding hydrogens is 420 g/mol. The average molecular weight is 433 g/mol. The maximum Gasteiger partial charge on any atom is 0.349 e. The zero-order valence-electron chi connectivity index (χ0n) is 15.3. The van der Waals surface area contributed by atoms with Crippen LogP contribution in [0.25, 0.3) is 10.9 Å². The molecule has 1 aromatic heterocycles. The second-order valence-corrected chi connectivity index (χ2v) is 6.22. The van der Waals surface area contributed by atoms with Gasteiger partial charge in [-0.3, -0.25) is 14.9 Å². The molecule has 0 fully saturated rings. The van der Waals surface area contributed by atoms with Crippen molar-refractivity contribution in [1.82, 2.24) is 9.66 Å². The largest absolute Gasteiger partial charge is 0.474 e. The van der Waals surface area contributed by atoms with Crippen molar-refractivity contribution in [3.8, 4) is 5.75 Å². The number of para-hydroxylation sites is 1. The Morgan fingerprint density at radius 1 is 1.33 bits per heavy atom. The van der Waals surface area contributed by atoms with Crippen molar-refractivity contribution in [3.63, 3.8) is 0 Å². The number of benzene rings is 2. The van der Waals surface area contributed by atoms with Gasteiger partial charge in [0.25, 0.3) is 5.56 Å². The van der Waals surface area contributed by atoms with E-state index in [2.05, 4.69) is 14.8 Å². The van der Waals surface area contributed by atoms with Crippen molar-refractivity contribution in [2.24, 2.45) is 5.10 Å². The molecule has 0 saturated heterocycles. The summed E-state index contributed by atoms with van der Waals surface area (Å²) in [5.41, 5.74) is -1.51. The molecule has 2 aromatic carbocycles. The van der Waals surface area contributed by atoms with E-state index in [4.69, 9.17) is 16.3 Å². The topological polar surface area (TPSA) is 146 Å². The fraction of sp³-hybridized carbons (Fsp3) is 0.111. The number of aromatic nitrogens is 2. The third-order valence-electron chi connectivity index (χ3n) is 3.91. The predicted octanol–water partition coefficient (Wildman–Crippen LogP) is 1.69. The lowest BCUT2D eigenvalue weighted by Gasteiger charge is -2.08.